The van der Waals surface area contributed by atoms with Crippen LogP contribution in [0.2, 0.25) is 0 Å². The first-order chi connectivity index (χ1) is 16.2. The maximum Gasteiger partial charge on any atom is 0.376 e. The van der Waals surface area contributed by atoms with Crippen molar-refractivity contribution in [2.75, 3.05) is 33.3 Å². The van der Waals surface area contributed by atoms with Gasteiger partial charge in [-0.25, -0.2) is 13.5 Å². The molecule has 2 rings (SSSR count). The molecule has 0 saturated carbocycles. The predicted octanol–water partition coefficient (Wildman–Crippen LogP) is 5.94. The van der Waals surface area contributed by atoms with Crippen LogP contribution in [0.3, 0.4) is 0 Å². The van der Waals surface area contributed by atoms with E-state index in [1.54, 1.807) is 6.92 Å². The van der Waals surface area contributed by atoms with Crippen molar-refractivity contribution < 1.29 is 46.2 Å². The molecule has 0 radical (unpaired) electrons. The molecule has 2 unspecified atom stereocenters. The maximum atomic E-state index is 11.8. The second-order valence-corrected chi connectivity index (χ2v) is 10.2. The average Bonchev–Trinajstić information content (AvgIpc) is 2.78. The van der Waals surface area contributed by atoms with E-state index >= 15 is 0 Å². The molecule has 0 spiro atoms. The zero-order chi connectivity index (χ0) is 27.1. The van der Waals surface area contributed by atoms with E-state index in [4.69, 9.17) is 9.42 Å². The fraction of sp³-hybridized carbons (Fsp3) is 0.368. The van der Waals surface area contributed by atoms with E-state index in [2.05, 4.69) is 9.05 Å². The van der Waals surface area contributed by atoms with Gasteiger partial charge in [-0.2, -0.15) is 0 Å². The number of hydrogen-bond donors (Lipinski definition) is 1. The molecule has 2 aromatic rings. The summed E-state index contributed by atoms with van der Waals surface area (Å²) < 4.78 is 59.3. The van der Waals surface area contributed by atoms with Gasteiger partial charge in [0.05, 0.1) is 23.1 Å². The van der Waals surface area contributed by atoms with Gasteiger partial charge in [-0.15, -0.1) is 0 Å². The van der Waals surface area contributed by atoms with E-state index in [-0.39, 0.29) is 36.2 Å². The molecule has 0 saturated heterocycles. The topological polar surface area (TPSA) is 168 Å². The highest BCUT2D eigenvalue weighted by atomic mass is 31.2. The Bertz CT molecular complexity index is 1020. The van der Waals surface area contributed by atoms with Crippen LogP contribution in [0.1, 0.15) is 13.3 Å². The largest absolute Gasteiger partial charge is 0.425 e. The molecule has 196 valence electrons. The Labute approximate surface area is 200 Å². The smallest absolute Gasteiger partial charge is 0.376 e. The van der Waals surface area contributed by atoms with Crippen molar-refractivity contribution in [3.05, 3.63) is 68.8 Å². The fourth-order valence-corrected chi connectivity index (χ4v) is 3.34. The minimum absolute atomic E-state index is 0.0961. The number of hydrogen-bond acceptors (Lipinski definition) is 9. The maximum absolute atomic E-state index is 11.8. The first kappa shape index (κ1) is 32.1. The molecule has 12 nitrogen and oxygen atoms in total. The van der Waals surface area contributed by atoms with Crippen LogP contribution in [-0.4, -0.2) is 48.0 Å². The summed E-state index contributed by atoms with van der Waals surface area (Å²) in [5, 5.41) is 20.6. The Kier molecular flexibility index (Phi) is 14.6. The van der Waals surface area contributed by atoms with Crippen LogP contribution in [0.15, 0.2) is 48.5 Å². The number of nitro benzene ring substituents is 2. The number of rotatable bonds is 10. The summed E-state index contributed by atoms with van der Waals surface area (Å²) in [6, 6.07) is 9.96. The molecule has 0 aromatic heterocycles. The van der Waals surface area contributed by atoms with Crippen LogP contribution >= 0.6 is 15.2 Å². The first-order valence-corrected chi connectivity index (χ1v) is 13.8. The summed E-state index contributed by atoms with van der Waals surface area (Å²) in [5.74, 6) is 0.296. The summed E-state index contributed by atoms with van der Waals surface area (Å²) in [7, 11) is -6.98. The van der Waals surface area contributed by atoms with Gasteiger partial charge in [0.2, 0.25) is 0 Å². The van der Waals surface area contributed by atoms with Crippen molar-refractivity contribution in [3.63, 3.8) is 0 Å². The van der Waals surface area contributed by atoms with Gasteiger partial charge < -0.3 is 13.9 Å². The fourth-order valence-electron chi connectivity index (χ4n) is 1.87. The molecular formula is C19H26F2N2O10P2. The third-order valence-electron chi connectivity index (χ3n) is 3.23. The highest BCUT2D eigenvalue weighted by molar-refractivity contribution is 7.53. The third kappa shape index (κ3) is 15.6. The molecule has 0 heterocycles. The summed E-state index contributed by atoms with van der Waals surface area (Å²) in [5.41, 5.74) is -0.200. The number of nitro groups is 2. The lowest BCUT2D eigenvalue weighted by Gasteiger charge is -2.14. The molecule has 16 heteroatoms. The molecule has 0 fully saturated rings. The lowest BCUT2D eigenvalue weighted by atomic mass is 10.3. The van der Waals surface area contributed by atoms with Crippen LogP contribution in [0, 0.1) is 20.2 Å². The van der Waals surface area contributed by atoms with Crippen LogP contribution in [0.5, 0.6) is 11.5 Å². The molecule has 1 N–H and O–H groups in total. The Morgan fingerprint density at radius 1 is 0.829 bits per heavy atom. The monoisotopic (exact) mass is 542 g/mol. The van der Waals surface area contributed by atoms with E-state index < -0.39 is 31.7 Å². The van der Waals surface area contributed by atoms with Crippen LogP contribution in [0.25, 0.3) is 0 Å². The van der Waals surface area contributed by atoms with Gasteiger partial charge in [-0.3, -0.25) is 29.1 Å². The summed E-state index contributed by atoms with van der Waals surface area (Å²) in [4.78, 5) is 28.4. The highest BCUT2D eigenvalue weighted by Crippen LogP contribution is 2.44. The number of nitrogens with zero attached hydrogens (tertiary/aromatic N) is 2. The Balaban J connectivity index is 0.000000581. The molecule has 0 aliphatic carbocycles. The van der Waals surface area contributed by atoms with E-state index in [0.717, 1.165) is 6.66 Å². The second-order valence-electron chi connectivity index (χ2n) is 6.47. The van der Waals surface area contributed by atoms with E-state index in [1.807, 2.05) is 0 Å². The van der Waals surface area contributed by atoms with E-state index in [1.165, 1.54) is 55.2 Å². The van der Waals surface area contributed by atoms with Crippen molar-refractivity contribution >= 4 is 26.6 Å². The second kappa shape index (κ2) is 15.9. The molecule has 0 aliphatic rings. The zero-order valence-electron chi connectivity index (χ0n) is 19.1. The third-order valence-corrected chi connectivity index (χ3v) is 4.98. The van der Waals surface area contributed by atoms with Gasteiger partial charge in [0.15, 0.2) is 0 Å². The highest BCUT2D eigenvalue weighted by Gasteiger charge is 2.19. The van der Waals surface area contributed by atoms with Gasteiger partial charge in [0.1, 0.15) is 18.2 Å². The van der Waals surface area contributed by atoms with Gasteiger partial charge in [-0.05, 0) is 30.7 Å². The van der Waals surface area contributed by atoms with Crippen molar-refractivity contribution in [1.29, 1.82) is 0 Å². The molecule has 2 aromatic carbocycles. The molecule has 35 heavy (non-hydrogen) atoms. The zero-order valence-corrected chi connectivity index (χ0v) is 20.9. The SMILES string of the molecule is CCCF.CP(=O)(O)Oc1ccc([N+](=O)[O-])cc1.CP(=O)(OCCF)Oc1ccc([N+](=O)[O-])cc1. The van der Waals surface area contributed by atoms with Crippen LogP contribution < -0.4 is 9.05 Å². The van der Waals surface area contributed by atoms with E-state index in [0.29, 0.717) is 6.42 Å². The molecule has 0 bridgehead atoms. The van der Waals surface area contributed by atoms with Crippen molar-refractivity contribution in [2.24, 2.45) is 0 Å². The Morgan fingerprint density at radius 3 is 1.49 bits per heavy atom. The van der Waals surface area contributed by atoms with Crippen LogP contribution in [0.4, 0.5) is 20.2 Å². The number of benzene rings is 2. The Hall–Kier alpha value is -2.92. The van der Waals surface area contributed by atoms with Gasteiger partial charge >= 0.3 is 15.2 Å². The van der Waals surface area contributed by atoms with Gasteiger partial charge in [0.25, 0.3) is 11.4 Å². The molecular weight excluding hydrogens is 516 g/mol. The summed E-state index contributed by atoms with van der Waals surface area (Å²) >= 11 is 0. The number of non-ortho nitro benzene ring substituents is 2. The molecule has 0 aliphatic heterocycles. The van der Waals surface area contributed by atoms with Crippen molar-refractivity contribution in [1.82, 2.24) is 0 Å². The summed E-state index contributed by atoms with van der Waals surface area (Å²) in [6.45, 7) is 2.78. The average molecular weight is 542 g/mol. The number of alkyl halides is 2. The summed E-state index contributed by atoms with van der Waals surface area (Å²) in [6.07, 6.45) is 0.653. The van der Waals surface area contributed by atoms with Crippen molar-refractivity contribution in [3.8, 4) is 11.5 Å². The lowest BCUT2D eigenvalue weighted by Crippen LogP contribution is -1.99. The Morgan fingerprint density at radius 2 is 1.20 bits per heavy atom. The van der Waals surface area contributed by atoms with Gasteiger partial charge in [-0.1, -0.05) is 6.92 Å². The normalized spacial score (nSPS) is 13.4. The number of halogens is 2. The minimum atomic E-state index is -3.60. The predicted molar refractivity (Wildman–Crippen MR) is 125 cm³/mol. The molecule has 0 amide bonds. The first-order valence-electron chi connectivity index (χ1n) is 9.77. The minimum Gasteiger partial charge on any atom is -0.425 e. The van der Waals surface area contributed by atoms with Crippen LogP contribution in [-0.2, 0) is 13.7 Å². The lowest BCUT2D eigenvalue weighted by molar-refractivity contribution is -0.385. The van der Waals surface area contributed by atoms with Crippen molar-refractivity contribution in [2.45, 2.75) is 13.3 Å². The van der Waals surface area contributed by atoms with Gasteiger partial charge in [0, 0.05) is 37.6 Å². The molecule has 2 atom stereocenters. The van der Waals surface area contributed by atoms with E-state index in [9.17, 15) is 38.1 Å². The quantitative estimate of drug-likeness (QED) is 0.215. The standard InChI is InChI=1S/C9H11FNO5P.C7H8NO5P.C3H7F/c1-17(14,15-7-6-10)16-9-4-2-8(3-5-9)11(12)13;1-14(11,12)13-7-4-2-6(3-5-7)8(9)10;1-2-3-4/h2-5H,6-7H2,1H3;2-5H,1H3,(H,11,12);2-3H2,1H3.